The molecule has 1 spiro atoms. The summed E-state index contributed by atoms with van der Waals surface area (Å²) in [5.41, 5.74) is 3.97. The molecular weight excluding hydrogens is 885 g/mol. The molecule has 0 unspecified atom stereocenters. The summed E-state index contributed by atoms with van der Waals surface area (Å²) in [6.07, 6.45) is 10.2. The summed E-state index contributed by atoms with van der Waals surface area (Å²) in [7, 11) is 0. The maximum Gasteiger partial charge on any atom is 0.343 e. The zero-order valence-corrected chi connectivity index (χ0v) is 38.5. The highest BCUT2D eigenvalue weighted by atomic mass is 16.6. The molecule has 360 valence electrons. The molecule has 0 atom stereocenters. The first-order valence-electron chi connectivity index (χ1n) is 23.7. The van der Waals surface area contributed by atoms with Gasteiger partial charge in [-0.2, -0.15) is 0 Å². The molecule has 0 N–H and O–H groups in total. The molecule has 0 bridgehead atoms. The monoisotopic (exact) mass is 940 g/mol. The van der Waals surface area contributed by atoms with Crippen LogP contribution in [-0.4, -0.2) is 74.5 Å². The average Bonchev–Trinajstić information content (AvgIpc) is 3.96. The number of carbonyl (C=O) groups excluding carboxylic acids is 6. The molecule has 8 rings (SSSR count). The molecular formula is C55H56O14. The van der Waals surface area contributed by atoms with Gasteiger partial charge in [0.2, 0.25) is 0 Å². The van der Waals surface area contributed by atoms with Crippen LogP contribution in [0.3, 0.4) is 0 Å². The molecule has 4 aliphatic rings. The van der Waals surface area contributed by atoms with Crippen LogP contribution in [0.2, 0.25) is 0 Å². The number of hydrogen-bond acceptors (Lipinski definition) is 14. The third kappa shape index (κ3) is 11.7. The lowest BCUT2D eigenvalue weighted by Crippen LogP contribution is -2.29. The van der Waals surface area contributed by atoms with E-state index in [-0.39, 0.29) is 73.9 Å². The fraction of sp³-hybridized carbons (Fsp3) is 0.382. The Morgan fingerprint density at radius 1 is 0.478 bits per heavy atom. The molecule has 0 saturated heterocycles. The molecule has 2 saturated carbocycles. The van der Waals surface area contributed by atoms with Crippen molar-refractivity contribution in [1.29, 1.82) is 0 Å². The Hall–Kier alpha value is -6.90. The lowest BCUT2D eigenvalue weighted by Gasteiger charge is -2.30. The van der Waals surface area contributed by atoms with E-state index in [0.717, 1.165) is 34.4 Å². The van der Waals surface area contributed by atoms with E-state index in [2.05, 4.69) is 13.2 Å². The smallest absolute Gasteiger partial charge is 0.343 e. The summed E-state index contributed by atoms with van der Waals surface area (Å²) in [6.45, 7) is 7.58. The third-order valence-corrected chi connectivity index (χ3v) is 13.6. The van der Waals surface area contributed by atoms with Gasteiger partial charge < -0.3 is 37.9 Å². The van der Waals surface area contributed by atoms with Crippen LogP contribution in [0, 0.1) is 11.8 Å². The van der Waals surface area contributed by atoms with Crippen LogP contribution in [0.15, 0.2) is 110 Å². The highest BCUT2D eigenvalue weighted by Crippen LogP contribution is 2.54. The van der Waals surface area contributed by atoms with Gasteiger partial charge >= 0.3 is 35.8 Å². The molecule has 0 heterocycles. The number of rotatable bonds is 18. The van der Waals surface area contributed by atoms with Crippen LogP contribution >= 0.6 is 0 Å². The van der Waals surface area contributed by atoms with Crippen molar-refractivity contribution in [3.05, 3.63) is 144 Å². The van der Waals surface area contributed by atoms with Crippen LogP contribution in [0.25, 0.3) is 0 Å². The van der Waals surface area contributed by atoms with Crippen molar-refractivity contribution in [2.24, 2.45) is 11.8 Å². The minimum Gasteiger partial charge on any atom is -0.460 e. The molecule has 0 aromatic heterocycles. The van der Waals surface area contributed by atoms with Gasteiger partial charge in [-0.3, -0.25) is 9.59 Å². The van der Waals surface area contributed by atoms with Crippen molar-refractivity contribution in [3.63, 3.8) is 0 Å². The van der Waals surface area contributed by atoms with E-state index in [1.54, 1.807) is 60.7 Å². The van der Waals surface area contributed by atoms with Crippen LogP contribution in [-0.2, 0) is 56.4 Å². The van der Waals surface area contributed by atoms with Gasteiger partial charge in [0.25, 0.3) is 0 Å². The van der Waals surface area contributed by atoms with Crippen molar-refractivity contribution < 1.29 is 66.7 Å². The molecule has 4 aromatic rings. The normalized spacial score (nSPS) is 21.2. The topological polar surface area (TPSA) is 176 Å². The Kier molecular flexibility index (Phi) is 15.8. The largest absolute Gasteiger partial charge is 0.460 e. The number of hydrogen-bond donors (Lipinski definition) is 0. The fourth-order valence-electron chi connectivity index (χ4n) is 10.2. The Balaban J connectivity index is 0.857. The summed E-state index contributed by atoms with van der Waals surface area (Å²) in [5, 5.41) is 0. The van der Waals surface area contributed by atoms with E-state index >= 15 is 0 Å². The summed E-state index contributed by atoms with van der Waals surface area (Å²) < 4.78 is 44.8. The van der Waals surface area contributed by atoms with E-state index in [4.69, 9.17) is 37.9 Å². The highest BCUT2D eigenvalue weighted by Gasteiger charge is 2.49. The molecule has 4 aromatic carbocycles. The van der Waals surface area contributed by atoms with Gasteiger partial charge in [-0.15, -0.1) is 0 Å². The van der Waals surface area contributed by atoms with Gasteiger partial charge in [-0.25, -0.2) is 19.2 Å². The van der Waals surface area contributed by atoms with Gasteiger partial charge in [0, 0.05) is 17.6 Å². The molecule has 2 fully saturated rings. The maximum atomic E-state index is 14.1. The molecule has 69 heavy (non-hydrogen) atoms. The van der Waals surface area contributed by atoms with Crippen LogP contribution in [0.4, 0.5) is 0 Å². The second kappa shape index (κ2) is 22.5. The summed E-state index contributed by atoms with van der Waals surface area (Å²) in [5.74, 6) is -2.03. The van der Waals surface area contributed by atoms with Crippen molar-refractivity contribution in [2.75, 3.05) is 26.4 Å². The summed E-state index contributed by atoms with van der Waals surface area (Å²) in [6, 6.07) is 24.1. The second-order valence-electron chi connectivity index (χ2n) is 17.8. The van der Waals surface area contributed by atoms with Crippen LogP contribution < -0.4 is 18.9 Å². The fourth-order valence-corrected chi connectivity index (χ4v) is 10.2. The first-order valence-corrected chi connectivity index (χ1v) is 23.7. The van der Waals surface area contributed by atoms with Crippen LogP contribution in [0.5, 0.6) is 23.0 Å². The lowest BCUT2D eigenvalue weighted by molar-refractivity contribution is -0.143. The second-order valence-corrected chi connectivity index (χ2v) is 17.8. The summed E-state index contributed by atoms with van der Waals surface area (Å²) in [4.78, 5) is 76.7. The van der Waals surface area contributed by atoms with E-state index < -0.39 is 29.3 Å². The van der Waals surface area contributed by atoms with Gasteiger partial charge in [-0.05, 0) is 160 Å². The van der Waals surface area contributed by atoms with E-state index in [0.29, 0.717) is 99.7 Å². The minimum absolute atomic E-state index is 0.0218. The molecule has 14 nitrogen and oxygen atoms in total. The highest BCUT2D eigenvalue weighted by molar-refractivity contribution is 5.97. The van der Waals surface area contributed by atoms with Gasteiger partial charge in [-0.1, -0.05) is 37.4 Å². The number of carbonyl (C=O) groups is 6. The number of fused-ring (bicyclic) bond motifs is 4. The van der Waals surface area contributed by atoms with Crippen molar-refractivity contribution >= 4 is 35.8 Å². The molecule has 0 amide bonds. The van der Waals surface area contributed by atoms with Gasteiger partial charge in [0.15, 0.2) is 0 Å². The maximum absolute atomic E-state index is 14.1. The van der Waals surface area contributed by atoms with E-state index in [1.165, 1.54) is 0 Å². The van der Waals surface area contributed by atoms with E-state index in [1.807, 2.05) is 24.3 Å². The van der Waals surface area contributed by atoms with Crippen molar-refractivity contribution in [3.8, 4) is 23.0 Å². The van der Waals surface area contributed by atoms with Crippen molar-refractivity contribution in [2.45, 2.75) is 94.7 Å². The van der Waals surface area contributed by atoms with Gasteiger partial charge in [0.05, 0.1) is 48.4 Å². The summed E-state index contributed by atoms with van der Waals surface area (Å²) >= 11 is 0. The average molecular weight is 941 g/mol. The first kappa shape index (κ1) is 48.6. The quantitative estimate of drug-likeness (QED) is 0.0401. The predicted molar refractivity (Wildman–Crippen MR) is 250 cm³/mol. The standard InChI is InChI=1S/C55H56O14/c1-3-47(56)64-33-31-62-39-15-11-37(12-16-39)51(58)66-41-19-23-43(24-20-41)68-53(60)45-9-5-7-35-27-29-55(49(35)45)30-28-36-8-6-10-46(50(36)55)54(61)69-44-25-21-42(22-26-44)67-52(59)38-13-17-40(18-14-38)63-32-34-65-48(57)4-2/h3-10,19-26,37-40H,1-2,11-18,27-34H2. The Bertz CT molecular complexity index is 2370. The first-order chi connectivity index (χ1) is 33.5. The van der Waals surface area contributed by atoms with Crippen LogP contribution in [0.1, 0.15) is 107 Å². The zero-order chi connectivity index (χ0) is 48.3. The number of esters is 6. The Morgan fingerprint density at radius 3 is 1.20 bits per heavy atom. The van der Waals surface area contributed by atoms with Crippen molar-refractivity contribution in [1.82, 2.24) is 0 Å². The Morgan fingerprint density at radius 2 is 0.841 bits per heavy atom. The van der Waals surface area contributed by atoms with E-state index in [9.17, 15) is 28.8 Å². The molecule has 14 heteroatoms. The lowest BCUT2D eigenvalue weighted by atomic mass is 9.73. The number of ether oxygens (including phenoxy) is 8. The number of aryl methyl sites for hydroxylation is 2. The molecule has 0 aliphatic heterocycles. The Labute approximate surface area is 400 Å². The predicted octanol–water partition coefficient (Wildman–Crippen LogP) is 8.72. The SMILES string of the molecule is C=CC(=O)OCCOC1CCC(C(=O)Oc2ccc(OC(=O)c3cccc4c3C3(CC4)CCc4cccc(C(=O)Oc5ccc(OC(=O)C6CCC(OCCOC(=O)C=C)CC6)cc5)c43)cc2)CC1. The minimum atomic E-state index is -0.622. The molecule has 0 radical (unpaired) electrons. The zero-order valence-electron chi connectivity index (χ0n) is 38.5. The molecule has 4 aliphatic carbocycles. The number of benzene rings is 4. The third-order valence-electron chi connectivity index (χ3n) is 13.6. The van der Waals surface area contributed by atoms with Gasteiger partial charge in [0.1, 0.15) is 36.2 Å².